The van der Waals surface area contributed by atoms with Crippen LogP contribution in [0.25, 0.3) is 0 Å². The van der Waals surface area contributed by atoms with Crippen LogP contribution in [-0.4, -0.2) is 52.0 Å². The van der Waals surface area contributed by atoms with Crippen LogP contribution >= 0.6 is 11.3 Å². The molecule has 11 heteroatoms. The van der Waals surface area contributed by atoms with Crippen LogP contribution in [0.1, 0.15) is 18.4 Å². The Kier molecular flexibility index (Phi) is 7.84. The Morgan fingerprint density at radius 1 is 1.26 bits per heavy atom. The Morgan fingerprint density at radius 3 is 2.61 bits per heavy atom. The Bertz CT molecular complexity index is 975. The number of nitrogens with zero attached hydrogens (tertiary/aromatic N) is 1. The summed E-state index contributed by atoms with van der Waals surface area (Å²) < 4.78 is 61.4. The summed E-state index contributed by atoms with van der Waals surface area (Å²) in [5, 5.41) is 4.57. The lowest BCUT2D eigenvalue weighted by atomic mass is 9.97. The molecule has 1 N–H and O–H groups in total. The lowest BCUT2D eigenvalue weighted by Gasteiger charge is -2.30. The van der Waals surface area contributed by atoms with E-state index < -0.39 is 16.6 Å². The van der Waals surface area contributed by atoms with Gasteiger partial charge in [-0.2, -0.15) is 13.1 Å². The Labute approximate surface area is 184 Å². The van der Waals surface area contributed by atoms with Crippen molar-refractivity contribution in [3.8, 4) is 11.5 Å². The maximum Gasteiger partial charge on any atom is 0.387 e. The third-order valence-corrected chi connectivity index (χ3v) is 8.34. The number of nitrogens with one attached hydrogen (secondary N) is 1. The number of hydrogen-bond acceptors (Lipinski definition) is 6. The molecule has 0 atom stereocenters. The summed E-state index contributed by atoms with van der Waals surface area (Å²) in [6.45, 7) is -2.04. The van der Waals surface area contributed by atoms with Crippen LogP contribution in [0.3, 0.4) is 0 Å². The smallest absolute Gasteiger partial charge is 0.387 e. The molecule has 1 saturated heterocycles. The van der Waals surface area contributed by atoms with Gasteiger partial charge in [0.25, 0.3) is 10.0 Å². The van der Waals surface area contributed by atoms with Gasteiger partial charge in [-0.1, -0.05) is 12.1 Å². The van der Waals surface area contributed by atoms with Crippen molar-refractivity contribution in [2.24, 2.45) is 5.92 Å². The molecule has 3 rings (SSSR count). The summed E-state index contributed by atoms with van der Waals surface area (Å²) in [5.41, 5.74) is 0.716. The van der Waals surface area contributed by atoms with Crippen LogP contribution in [-0.2, 0) is 21.2 Å². The minimum atomic E-state index is -3.49. The fraction of sp³-hybridized carbons (Fsp3) is 0.450. The molecule has 1 aliphatic heterocycles. The third-order valence-electron chi connectivity index (χ3n) is 5.07. The average molecular weight is 475 g/mol. The maximum atomic E-state index is 12.6. The van der Waals surface area contributed by atoms with Gasteiger partial charge in [0.1, 0.15) is 4.21 Å². The third kappa shape index (κ3) is 5.92. The van der Waals surface area contributed by atoms with E-state index in [9.17, 15) is 22.0 Å². The zero-order valence-electron chi connectivity index (χ0n) is 16.9. The van der Waals surface area contributed by atoms with Crippen LogP contribution in [0, 0.1) is 5.92 Å². The van der Waals surface area contributed by atoms with Gasteiger partial charge in [0.05, 0.1) is 7.11 Å². The molecule has 1 fully saturated rings. The lowest BCUT2D eigenvalue weighted by molar-refractivity contribution is -0.126. The first-order valence-corrected chi connectivity index (χ1v) is 12.1. The summed E-state index contributed by atoms with van der Waals surface area (Å²) in [4.78, 5) is 12.5. The van der Waals surface area contributed by atoms with Crippen molar-refractivity contribution in [2.45, 2.75) is 30.1 Å². The number of hydrogen-bond donors (Lipinski definition) is 1. The first-order valence-electron chi connectivity index (χ1n) is 9.74. The van der Waals surface area contributed by atoms with Gasteiger partial charge in [-0.25, -0.2) is 8.42 Å². The molecule has 0 saturated carbocycles. The van der Waals surface area contributed by atoms with E-state index in [0.717, 1.165) is 0 Å². The molecule has 0 radical (unpaired) electrons. The summed E-state index contributed by atoms with van der Waals surface area (Å²) in [5.74, 6) is -0.243. The second-order valence-corrected chi connectivity index (χ2v) is 10.1. The SMILES string of the molecule is COc1ccc(CCNC(=O)C2CCN(S(=O)(=O)c3cccs3)CC2)cc1OC(F)F. The van der Waals surface area contributed by atoms with Crippen LogP contribution in [0.2, 0.25) is 0 Å². The van der Waals surface area contributed by atoms with E-state index in [1.54, 1.807) is 29.6 Å². The summed E-state index contributed by atoms with van der Waals surface area (Å²) >= 11 is 1.18. The highest BCUT2D eigenvalue weighted by atomic mass is 32.2. The van der Waals surface area contributed by atoms with Crippen molar-refractivity contribution in [3.63, 3.8) is 0 Å². The van der Waals surface area contributed by atoms with Crippen molar-refractivity contribution in [1.82, 2.24) is 9.62 Å². The number of methoxy groups -OCH3 is 1. The molecule has 1 aromatic carbocycles. The molecule has 0 unspecified atom stereocenters. The lowest BCUT2D eigenvalue weighted by Crippen LogP contribution is -2.43. The molecule has 0 spiro atoms. The predicted octanol–water partition coefficient (Wildman–Crippen LogP) is 3.12. The number of ether oxygens (including phenoxy) is 2. The maximum absolute atomic E-state index is 12.6. The highest BCUT2D eigenvalue weighted by Gasteiger charge is 2.32. The number of piperidine rings is 1. The minimum absolute atomic E-state index is 0.0550. The topological polar surface area (TPSA) is 84.9 Å². The van der Waals surface area contributed by atoms with Crippen molar-refractivity contribution in [2.75, 3.05) is 26.7 Å². The number of benzene rings is 1. The summed E-state index contributed by atoms with van der Waals surface area (Å²) in [7, 11) is -2.13. The van der Waals surface area contributed by atoms with E-state index in [2.05, 4.69) is 10.1 Å². The van der Waals surface area contributed by atoms with Gasteiger partial charge in [-0.15, -0.1) is 11.3 Å². The second kappa shape index (κ2) is 10.4. The molecule has 31 heavy (non-hydrogen) atoms. The molecule has 2 aromatic rings. The molecule has 2 heterocycles. The number of carbonyl (C=O) groups is 1. The largest absolute Gasteiger partial charge is 0.493 e. The standard InChI is InChI=1S/C20H24F2N2O5S2/c1-28-16-5-4-14(13-17(16)29-20(21)22)6-9-23-19(25)15-7-10-24(11-8-15)31(26,27)18-3-2-12-30-18/h2-5,12-13,15,20H,6-11H2,1H3,(H,23,25). The first-order chi connectivity index (χ1) is 14.8. The molecular formula is C20H24F2N2O5S2. The van der Waals surface area contributed by atoms with E-state index in [1.807, 2.05) is 0 Å². The Balaban J connectivity index is 1.48. The number of thiophene rings is 1. The van der Waals surface area contributed by atoms with Gasteiger partial charge >= 0.3 is 6.61 Å². The monoisotopic (exact) mass is 474 g/mol. The summed E-state index contributed by atoms with van der Waals surface area (Å²) in [6.07, 6.45) is 1.33. The van der Waals surface area contributed by atoms with E-state index in [-0.39, 0.29) is 23.3 Å². The van der Waals surface area contributed by atoms with Gasteiger partial charge in [-0.05, 0) is 48.4 Å². The molecule has 1 aliphatic rings. The van der Waals surface area contributed by atoms with Crippen molar-refractivity contribution < 1.29 is 31.5 Å². The van der Waals surface area contributed by atoms with Gasteiger partial charge < -0.3 is 14.8 Å². The van der Waals surface area contributed by atoms with E-state index >= 15 is 0 Å². The molecule has 7 nitrogen and oxygen atoms in total. The van der Waals surface area contributed by atoms with Crippen LogP contribution in [0.5, 0.6) is 11.5 Å². The Morgan fingerprint density at radius 2 is 2.00 bits per heavy atom. The van der Waals surface area contributed by atoms with Gasteiger partial charge in [0.15, 0.2) is 11.5 Å². The minimum Gasteiger partial charge on any atom is -0.493 e. The number of halogens is 2. The zero-order valence-corrected chi connectivity index (χ0v) is 18.6. The first kappa shape index (κ1) is 23.4. The average Bonchev–Trinajstić information content (AvgIpc) is 3.29. The zero-order chi connectivity index (χ0) is 22.4. The normalized spacial score (nSPS) is 15.7. The molecule has 0 aliphatic carbocycles. The van der Waals surface area contributed by atoms with Gasteiger partial charge in [0, 0.05) is 25.6 Å². The number of rotatable bonds is 9. The predicted molar refractivity (Wildman–Crippen MR) is 112 cm³/mol. The van der Waals surface area contributed by atoms with E-state index in [4.69, 9.17) is 4.74 Å². The van der Waals surface area contributed by atoms with E-state index in [1.165, 1.54) is 28.8 Å². The number of sulfonamides is 1. The van der Waals surface area contributed by atoms with Gasteiger partial charge in [-0.3, -0.25) is 4.79 Å². The number of carbonyl (C=O) groups excluding carboxylic acids is 1. The number of alkyl halides is 2. The quantitative estimate of drug-likeness (QED) is 0.604. The van der Waals surface area contributed by atoms with Crippen LogP contribution < -0.4 is 14.8 Å². The molecule has 170 valence electrons. The molecule has 1 amide bonds. The highest BCUT2D eigenvalue weighted by molar-refractivity contribution is 7.91. The van der Waals surface area contributed by atoms with Crippen molar-refractivity contribution in [1.29, 1.82) is 0 Å². The van der Waals surface area contributed by atoms with Crippen molar-refractivity contribution >= 4 is 27.3 Å². The molecular weight excluding hydrogens is 450 g/mol. The van der Waals surface area contributed by atoms with Crippen LogP contribution in [0.4, 0.5) is 8.78 Å². The van der Waals surface area contributed by atoms with Gasteiger partial charge in [0.2, 0.25) is 5.91 Å². The molecule has 0 bridgehead atoms. The molecule has 1 aromatic heterocycles. The van der Waals surface area contributed by atoms with Crippen molar-refractivity contribution in [3.05, 3.63) is 41.3 Å². The fourth-order valence-corrected chi connectivity index (χ4v) is 6.05. The van der Waals surface area contributed by atoms with Crippen LogP contribution in [0.15, 0.2) is 39.9 Å². The number of amides is 1. The Hall–Kier alpha value is -2.24. The summed E-state index contributed by atoms with van der Waals surface area (Å²) in [6, 6.07) is 8.00. The second-order valence-electron chi connectivity index (χ2n) is 7.02. The fourth-order valence-electron chi connectivity index (χ4n) is 3.43. The van der Waals surface area contributed by atoms with E-state index in [0.29, 0.717) is 48.7 Å². The highest BCUT2D eigenvalue weighted by Crippen LogP contribution is 2.30.